The molecule has 0 bridgehead atoms. The lowest BCUT2D eigenvalue weighted by molar-refractivity contribution is -0.139. The third-order valence-corrected chi connectivity index (χ3v) is 5.37. The number of halogens is 5. The number of rotatable bonds is 4. The van der Waals surface area contributed by atoms with Crippen LogP contribution in [-0.4, -0.2) is 0 Å². The van der Waals surface area contributed by atoms with Gasteiger partial charge in [0.1, 0.15) is 11.6 Å². The topological polar surface area (TPSA) is 0 Å². The largest absolute Gasteiger partial charge is 0.417 e. The first-order valence-corrected chi connectivity index (χ1v) is 9.52. The molecule has 146 valence electrons. The van der Waals surface area contributed by atoms with Crippen LogP contribution in [0.25, 0.3) is 11.1 Å². The Balaban J connectivity index is 2.36. The van der Waals surface area contributed by atoms with Gasteiger partial charge in [0.05, 0.1) is 11.1 Å². The van der Waals surface area contributed by atoms with Gasteiger partial charge in [-0.2, -0.15) is 13.2 Å². The van der Waals surface area contributed by atoms with Crippen LogP contribution in [0.5, 0.6) is 0 Å². The molecule has 0 atom stereocenters. The van der Waals surface area contributed by atoms with Gasteiger partial charge in [0.2, 0.25) is 0 Å². The number of hydrogen-bond donors (Lipinski definition) is 0. The van der Waals surface area contributed by atoms with Crippen molar-refractivity contribution in [3.05, 3.63) is 58.7 Å². The van der Waals surface area contributed by atoms with Crippen molar-refractivity contribution in [2.75, 3.05) is 0 Å². The van der Waals surface area contributed by atoms with Crippen LogP contribution in [0.4, 0.5) is 22.0 Å². The molecule has 2 aromatic carbocycles. The van der Waals surface area contributed by atoms with Crippen LogP contribution < -0.4 is 0 Å². The van der Waals surface area contributed by atoms with Gasteiger partial charge in [0.15, 0.2) is 0 Å². The molecule has 0 nitrogen and oxygen atoms in total. The van der Waals surface area contributed by atoms with Crippen molar-refractivity contribution >= 4 is 0 Å². The van der Waals surface area contributed by atoms with Gasteiger partial charge in [0, 0.05) is 11.1 Å². The van der Waals surface area contributed by atoms with Gasteiger partial charge in [-0.25, -0.2) is 8.78 Å². The highest BCUT2D eigenvalue weighted by atomic mass is 19.4. The van der Waals surface area contributed by atoms with Crippen LogP contribution in [0.3, 0.4) is 0 Å². The highest BCUT2D eigenvalue weighted by Gasteiger charge is 2.42. The summed E-state index contributed by atoms with van der Waals surface area (Å²) in [6.07, 6.45) is -1.02. The quantitative estimate of drug-likeness (QED) is 0.476. The summed E-state index contributed by atoms with van der Waals surface area (Å²) in [7, 11) is 0. The molecule has 0 heterocycles. The van der Waals surface area contributed by atoms with E-state index in [2.05, 4.69) is 0 Å². The van der Waals surface area contributed by atoms with Crippen molar-refractivity contribution in [1.82, 2.24) is 0 Å². The van der Waals surface area contributed by atoms with E-state index in [0.717, 1.165) is 19.3 Å². The highest BCUT2D eigenvalue weighted by Crippen LogP contribution is 2.47. The molecule has 27 heavy (non-hydrogen) atoms. The smallest absolute Gasteiger partial charge is 0.206 e. The Labute approximate surface area is 156 Å². The second kappa shape index (κ2) is 7.99. The molecular weight excluding hydrogens is 359 g/mol. The van der Waals surface area contributed by atoms with Crippen molar-refractivity contribution in [3.8, 4) is 11.1 Å². The average molecular weight is 382 g/mol. The van der Waals surface area contributed by atoms with E-state index in [-0.39, 0.29) is 23.1 Å². The molecule has 5 heteroatoms. The maximum Gasteiger partial charge on any atom is 0.417 e. The Hall–Kier alpha value is -1.91. The second-order valence-corrected chi connectivity index (χ2v) is 7.22. The van der Waals surface area contributed by atoms with Crippen LogP contribution in [0, 0.1) is 11.6 Å². The van der Waals surface area contributed by atoms with Gasteiger partial charge in [-0.1, -0.05) is 62.9 Å². The zero-order chi connectivity index (χ0) is 19.6. The molecule has 1 fully saturated rings. The zero-order valence-electron chi connectivity index (χ0n) is 15.3. The van der Waals surface area contributed by atoms with E-state index in [4.69, 9.17) is 0 Å². The SMILES string of the molecule is CCCc1c(F)c(-c2ccccc2)c(F)c(C2CCCCC2)c1C(F)(F)F. The fourth-order valence-electron chi connectivity index (χ4n) is 4.21. The van der Waals surface area contributed by atoms with E-state index in [1.807, 2.05) is 0 Å². The van der Waals surface area contributed by atoms with E-state index in [9.17, 15) is 13.2 Å². The van der Waals surface area contributed by atoms with Gasteiger partial charge in [0.25, 0.3) is 0 Å². The van der Waals surface area contributed by atoms with Gasteiger partial charge < -0.3 is 0 Å². The molecule has 2 aromatic rings. The van der Waals surface area contributed by atoms with Crippen molar-refractivity contribution in [1.29, 1.82) is 0 Å². The summed E-state index contributed by atoms with van der Waals surface area (Å²) < 4.78 is 72.5. The van der Waals surface area contributed by atoms with Crippen LogP contribution >= 0.6 is 0 Å². The lowest BCUT2D eigenvalue weighted by Crippen LogP contribution is -2.21. The van der Waals surface area contributed by atoms with Crippen LogP contribution in [0.2, 0.25) is 0 Å². The summed E-state index contributed by atoms with van der Waals surface area (Å²) in [4.78, 5) is 0. The van der Waals surface area contributed by atoms with Crippen LogP contribution in [0.1, 0.15) is 68.1 Å². The third-order valence-electron chi connectivity index (χ3n) is 5.37. The Morgan fingerprint density at radius 1 is 0.926 bits per heavy atom. The first-order chi connectivity index (χ1) is 12.9. The number of alkyl halides is 3. The minimum absolute atomic E-state index is 0.0689. The van der Waals surface area contributed by atoms with Crippen LogP contribution in [-0.2, 0) is 12.6 Å². The van der Waals surface area contributed by atoms with Crippen molar-refractivity contribution < 1.29 is 22.0 Å². The molecule has 0 N–H and O–H groups in total. The summed E-state index contributed by atoms with van der Waals surface area (Å²) in [5.74, 6) is -2.64. The molecule has 1 saturated carbocycles. The van der Waals surface area contributed by atoms with Gasteiger partial charge >= 0.3 is 6.18 Å². The summed E-state index contributed by atoms with van der Waals surface area (Å²) in [6.45, 7) is 1.70. The van der Waals surface area contributed by atoms with E-state index >= 15 is 8.78 Å². The molecule has 0 radical (unpaired) electrons. The summed E-state index contributed by atoms with van der Waals surface area (Å²) >= 11 is 0. The van der Waals surface area contributed by atoms with E-state index in [0.29, 0.717) is 19.3 Å². The van der Waals surface area contributed by atoms with E-state index < -0.39 is 34.9 Å². The maximum atomic E-state index is 15.5. The first-order valence-electron chi connectivity index (χ1n) is 9.52. The van der Waals surface area contributed by atoms with Crippen molar-refractivity contribution in [2.24, 2.45) is 0 Å². The van der Waals surface area contributed by atoms with E-state index in [1.165, 1.54) is 12.1 Å². The van der Waals surface area contributed by atoms with Crippen molar-refractivity contribution in [2.45, 2.75) is 64.0 Å². The minimum Gasteiger partial charge on any atom is -0.206 e. The van der Waals surface area contributed by atoms with Crippen LogP contribution in [0.15, 0.2) is 30.3 Å². The Kier molecular flexibility index (Phi) is 5.87. The lowest BCUT2D eigenvalue weighted by Gasteiger charge is -2.29. The molecular formula is C22H23F5. The maximum absolute atomic E-state index is 15.5. The zero-order valence-corrected chi connectivity index (χ0v) is 15.3. The Bertz CT molecular complexity index is 787. The highest BCUT2D eigenvalue weighted by molar-refractivity contribution is 5.69. The molecule has 1 aliphatic carbocycles. The number of benzene rings is 2. The Morgan fingerprint density at radius 3 is 2.11 bits per heavy atom. The average Bonchev–Trinajstić information content (AvgIpc) is 2.64. The molecule has 3 rings (SSSR count). The minimum atomic E-state index is -4.78. The fourth-order valence-corrected chi connectivity index (χ4v) is 4.21. The summed E-state index contributed by atoms with van der Waals surface area (Å²) in [6, 6.07) is 8.04. The fraction of sp³-hybridized carbons (Fsp3) is 0.455. The molecule has 0 amide bonds. The predicted molar refractivity (Wildman–Crippen MR) is 96.6 cm³/mol. The Morgan fingerprint density at radius 2 is 1.56 bits per heavy atom. The van der Waals surface area contributed by atoms with E-state index in [1.54, 1.807) is 25.1 Å². The normalized spacial score (nSPS) is 15.9. The molecule has 0 saturated heterocycles. The third kappa shape index (κ3) is 3.87. The molecule has 0 aliphatic heterocycles. The molecule has 1 aliphatic rings. The standard InChI is InChI=1S/C22H23F5/c1-2-9-16-19(22(25,26)27)17(14-10-5-3-6-11-14)21(24)18(20(16)23)15-12-7-4-8-13-15/h4,7-8,12-14H,2-3,5-6,9-11H2,1H3. The molecule has 0 unspecified atom stereocenters. The van der Waals surface area contributed by atoms with Gasteiger partial charge in [-0.15, -0.1) is 0 Å². The molecule has 0 aromatic heterocycles. The molecule has 0 spiro atoms. The first kappa shape index (κ1) is 19.8. The van der Waals surface area contributed by atoms with Gasteiger partial charge in [-0.05, 0) is 30.7 Å². The summed E-state index contributed by atoms with van der Waals surface area (Å²) in [5.41, 5.74) is -1.86. The predicted octanol–water partition coefficient (Wildman–Crippen LogP) is 7.65. The van der Waals surface area contributed by atoms with Crippen molar-refractivity contribution in [3.63, 3.8) is 0 Å². The van der Waals surface area contributed by atoms with Gasteiger partial charge in [-0.3, -0.25) is 0 Å². The second-order valence-electron chi connectivity index (χ2n) is 7.22. The number of hydrogen-bond acceptors (Lipinski definition) is 0. The lowest BCUT2D eigenvalue weighted by atomic mass is 9.78. The summed E-state index contributed by atoms with van der Waals surface area (Å²) in [5, 5.41) is 0. The monoisotopic (exact) mass is 382 g/mol.